The topological polar surface area (TPSA) is 113 Å². The van der Waals surface area contributed by atoms with Gasteiger partial charge < -0.3 is 24.8 Å². The molecule has 1 aliphatic rings. The lowest BCUT2D eigenvalue weighted by molar-refractivity contribution is -0.333. The van der Waals surface area contributed by atoms with E-state index in [4.69, 9.17) is 15.3 Å². The molecule has 7 nitrogen and oxygen atoms in total. The van der Waals surface area contributed by atoms with E-state index in [0.29, 0.717) is 0 Å². The van der Waals surface area contributed by atoms with Crippen molar-refractivity contribution in [3.05, 3.63) is 0 Å². The van der Waals surface area contributed by atoms with Crippen molar-refractivity contribution in [2.45, 2.75) is 18.5 Å². The van der Waals surface area contributed by atoms with Crippen LogP contribution in [0.15, 0.2) is 0 Å². The second kappa shape index (κ2) is 3.29. The summed E-state index contributed by atoms with van der Waals surface area (Å²) in [7, 11) is 0. The van der Waals surface area contributed by atoms with Gasteiger partial charge in [0.2, 0.25) is 0 Å². The molecule has 1 heterocycles. The van der Waals surface area contributed by atoms with E-state index < -0.39 is 37.0 Å². The van der Waals surface area contributed by atoms with Gasteiger partial charge in [-0.2, -0.15) is 0 Å². The normalized spacial score (nSPS) is 34.8. The van der Waals surface area contributed by atoms with Crippen molar-refractivity contribution < 1.29 is 34.4 Å². The van der Waals surface area contributed by atoms with Crippen LogP contribution in [0.1, 0.15) is 6.42 Å². The maximum absolute atomic E-state index is 10.8. The monoisotopic (exact) mass is 192 g/mol. The highest BCUT2D eigenvalue weighted by molar-refractivity contribution is 5.83. The molecule has 1 fully saturated rings. The quantitative estimate of drug-likeness (QED) is 0.393. The highest BCUT2D eigenvalue weighted by Gasteiger charge is 2.42. The van der Waals surface area contributed by atoms with Gasteiger partial charge in [0, 0.05) is 0 Å². The molecule has 0 aromatic rings. The van der Waals surface area contributed by atoms with Gasteiger partial charge in [-0.25, -0.2) is 4.79 Å². The summed E-state index contributed by atoms with van der Waals surface area (Å²) < 4.78 is 8.26. The molecule has 3 N–H and O–H groups in total. The lowest BCUT2D eigenvalue weighted by atomic mass is 10.3. The summed E-state index contributed by atoms with van der Waals surface area (Å²) in [5, 5.41) is 26.5. The zero-order valence-electron chi connectivity index (χ0n) is 6.47. The van der Waals surface area contributed by atoms with Gasteiger partial charge in [0.15, 0.2) is 6.10 Å². The fourth-order valence-corrected chi connectivity index (χ4v) is 0.771. The van der Waals surface area contributed by atoms with Gasteiger partial charge in [0.25, 0.3) is 0 Å². The zero-order chi connectivity index (χ0) is 10.1. The molecule has 13 heavy (non-hydrogen) atoms. The number of hydrogen-bond acceptors (Lipinski definition) is 7. The molecule has 0 aliphatic carbocycles. The van der Waals surface area contributed by atoms with Gasteiger partial charge in [-0.3, -0.25) is 4.79 Å². The smallest absolute Gasteiger partial charge is 0.396 e. The van der Waals surface area contributed by atoms with Crippen molar-refractivity contribution in [2.24, 2.45) is 0 Å². The molecule has 0 aromatic carbocycles. The third kappa shape index (κ3) is 2.14. The number of rotatable bonds is 1. The molecule has 1 aliphatic heterocycles. The molecule has 1 saturated heterocycles. The van der Waals surface area contributed by atoms with E-state index in [2.05, 4.69) is 9.47 Å². The molecular formula is C6H8O7. The number of hydrogen-bond donors (Lipinski definition) is 3. The first-order chi connectivity index (χ1) is 5.97. The van der Waals surface area contributed by atoms with Crippen molar-refractivity contribution >= 4 is 11.9 Å². The van der Waals surface area contributed by atoms with E-state index in [-0.39, 0.29) is 0 Å². The third-order valence-corrected chi connectivity index (χ3v) is 1.37. The van der Waals surface area contributed by atoms with E-state index >= 15 is 0 Å². The predicted molar refractivity (Wildman–Crippen MR) is 34.8 cm³/mol. The highest BCUT2D eigenvalue weighted by atomic mass is 16.9. The summed E-state index contributed by atoms with van der Waals surface area (Å²) >= 11 is 0. The summed E-state index contributed by atoms with van der Waals surface area (Å²) in [5.41, 5.74) is 0. The van der Waals surface area contributed by atoms with E-state index in [9.17, 15) is 9.59 Å². The Morgan fingerprint density at radius 3 is 2.62 bits per heavy atom. The minimum Gasteiger partial charge on any atom is -0.396 e. The first kappa shape index (κ1) is 9.90. The van der Waals surface area contributed by atoms with Crippen LogP contribution in [-0.2, 0) is 19.1 Å². The average Bonchev–Trinajstić information content (AvgIpc) is 2.11. The number of aliphatic hydroxyl groups is 3. The summed E-state index contributed by atoms with van der Waals surface area (Å²) in [6, 6.07) is 0. The summed E-state index contributed by atoms with van der Waals surface area (Å²) in [6.45, 7) is -1.09. The first-order valence-corrected chi connectivity index (χ1v) is 3.43. The van der Waals surface area contributed by atoms with Crippen molar-refractivity contribution in [3.8, 4) is 0 Å². The van der Waals surface area contributed by atoms with Gasteiger partial charge in [-0.1, -0.05) is 0 Å². The predicted octanol–water partition coefficient (Wildman–Crippen LogP) is -2.52. The number of esters is 2. The van der Waals surface area contributed by atoms with E-state index in [1.54, 1.807) is 0 Å². The second-order valence-corrected chi connectivity index (χ2v) is 2.49. The van der Waals surface area contributed by atoms with Crippen LogP contribution < -0.4 is 0 Å². The minimum absolute atomic E-state index is 0.610. The molecule has 0 aromatic heterocycles. The van der Waals surface area contributed by atoms with E-state index in [1.165, 1.54) is 0 Å². The maximum atomic E-state index is 10.8. The molecule has 0 radical (unpaired) electrons. The lowest BCUT2D eigenvalue weighted by Gasteiger charge is -2.21. The fraction of sp³-hybridized carbons (Fsp3) is 0.667. The number of aliphatic hydroxyl groups excluding tert-OH is 2. The van der Waals surface area contributed by atoms with Crippen molar-refractivity contribution in [1.82, 2.24) is 0 Å². The third-order valence-electron chi connectivity index (χ3n) is 1.37. The Morgan fingerprint density at radius 2 is 2.08 bits per heavy atom. The molecule has 0 spiro atoms. The van der Waals surface area contributed by atoms with E-state index in [0.717, 1.165) is 0 Å². The average molecular weight is 192 g/mol. The standard InChI is InChI=1S/C6H8O7/c7-2-6(11)12-4(9)1-3(8)5(10)13-6/h3,7-8,11H,1-2H2. The molecule has 0 amide bonds. The largest absolute Gasteiger partial charge is 0.398 e. The van der Waals surface area contributed by atoms with Gasteiger partial charge in [-0.15, -0.1) is 0 Å². The Labute approximate surface area is 72.5 Å². The summed E-state index contributed by atoms with van der Waals surface area (Å²) in [6.07, 6.45) is -2.28. The van der Waals surface area contributed by atoms with Crippen LogP contribution in [0.4, 0.5) is 0 Å². The fourth-order valence-electron chi connectivity index (χ4n) is 0.771. The molecule has 0 bridgehead atoms. The highest BCUT2D eigenvalue weighted by Crippen LogP contribution is 2.16. The number of ether oxygens (including phenoxy) is 2. The second-order valence-electron chi connectivity index (χ2n) is 2.49. The molecule has 0 saturated carbocycles. The van der Waals surface area contributed by atoms with Crippen LogP contribution in [-0.4, -0.2) is 45.9 Å². The van der Waals surface area contributed by atoms with Crippen LogP contribution in [0.5, 0.6) is 0 Å². The Kier molecular flexibility index (Phi) is 2.50. The van der Waals surface area contributed by atoms with Crippen LogP contribution >= 0.6 is 0 Å². The van der Waals surface area contributed by atoms with Crippen molar-refractivity contribution in [1.29, 1.82) is 0 Å². The van der Waals surface area contributed by atoms with Gasteiger partial charge >= 0.3 is 17.9 Å². The van der Waals surface area contributed by atoms with Gasteiger partial charge in [-0.05, 0) is 0 Å². The molecule has 7 heteroatoms. The minimum atomic E-state index is -2.67. The zero-order valence-corrected chi connectivity index (χ0v) is 6.47. The summed E-state index contributed by atoms with van der Waals surface area (Å²) in [4.78, 5) is 21.5. The Bertz CT molecular complexity index is 237. The molecular weight excluding hydrogens is 184 g/mol. The Morgan fingerprint density at radius 1 is 1.46 bits per heavy atom. The molecule has 2 atom stereocenters. The number of carbonyl (C=O) groups is 2. The SMILES string of the molecule is O=C1CC(O)C(=O)OC(O)(CO)O1. The molecule has 1 rings (SSSR count). The van der Waals surface area contributed by atoms with Gasteiger partial charge in [0.1, 0.15) is 6.61 Å². The number of cyclic esters (lactones) is 2. The Balaban J connectivity index is 2.82. The molecule has 74 valence electrons. The van der Waals surface area contributed by atoms with Gasteiger partial charge in [0.05, 0.1) is 6.42 Å². The van der Waals surface area contributed by atoms with Crippen LogP contribution in [0, 0.1) is 0 Å². The van der Waals surface area contributed by atoms with Crippen molar-refractivity contribution in [2.75, 3.05) is 6.61 Å². The molecule has 2 unspecified atom stereocenters. The summed E-state index contributed by atoms with van der Waals surface area (Å²) in [5.74, 6) is -4.93. The van der Waals surface area contributed by atoms with Crippen molar-refractivity contribution in [3.63, 3.8) is 0 Å². The Hall–Kier alpha value is -1.18. The lowest BCUT2D eigenvalue weighted by Crippen LogP contribution is -2.42. The van der Waals surface area contributed by atoms with Crippen LogP contribution in [0.3, 0.4) is 0 Å². The first-order valence-electron chi connectivity index (χ1n) is 3.43. The number of carbonyl (C=O) groups excluding carboxylic acids is 2. The maximum Gasteiger partial charge on any atom is 0.398 e. The van der Waals surface area contributed by atoms with Crippen LogP contribution in [0.2, 0.25) is 0 Å². The van der Waals surface area contributed by atoms with E-state index in [1.807, 2.05) is 0 Å². The van der Waals surface area contributed by atoms with Crippen LogP contribution in [0.25, 0.3) is 0 Å².